The van der Waals surface area contributed by atoms with Gasteiger partial charge in [-0.1, -0.05) is 26.0 Å². The summed E-state index contributed by atoms with van der Waals surface area (Å²) in [5.41, 5.74) is 6.63. The Kier molecular flexibility index (Phi) is 6.67. The molecule has 0 heterocycles. The number of benzene rings is 1. The van der Waals surface area contributed by atoms with E-state index in [2.05, 4.69) is 26.0 Å². The normalized spacial score (nSPS) is 10.8. The molecule has 17 heavy (non-hydrogen) atoms. The zero-order valence-corrected chi connectivity index (χ0v) is 10.8. The van der Waals surface area contributed by atoms with Crippen LogP contribution in [0.3, 0.4) is 0 Å². The van der Waals surface area contributed by atoms with Gasteiger partial charge in [-0.2, -0.15) is 0 Å². The second-order valence-electron chi connectivity index (χ2n) is 4.33. The van der Waals surface area contributed by atoms with Crippen LogP contribution in [0.25, 0.3) is 0 Å². The highest BCUT2D eigenvalue weighted by Gasteiger charge is 2.00. The lowest BCUT2D eigenvalue weighted by Gasteiger charge is -2.10. The van der Waals surface area contributed by atoms with Crippen molar-refractivity contribution in [2.24, 2.45) is 5.73 Å². The highest BCUT2D eigenvalue weighted by molar-refractivity contribution is 5.30. The highest BCUT2D eigenvalue weighted by Crippen LogP contribution is 2.20. The third-order valence-corrected chi connectivity index (χ3v) is 2.49. The van der Waals surface area contributed by atoms with Gasteiger partial charge in [0.15, 0.2) is 0 Å². The average Bonchev–Trinajstić information content (AvgIpc) is 2.34. The molecular weight excluding hydrogens is 214 g/mol. The van der Waals surface area contributed by atoms with Gasteiger partial charge in [0.1, 0.15) is 5.75 Å². The summed E-state index contributed by atoms with van der Waals surface area (Å²) in [7, 11) is 0. The van der Waals surface area contributed by atoms with Gasteiger partial charge in [-0.05, 0) is 23.6 Å². The molecular formula is C14H23NO2. The van der Waals surface area contributed by atoms with Crippen LogP contribution in [-0.4, -0.2) is 26.4 Å². The summed E-state index contributed by atoms with van der Waals surface area (Å²) < 4.78 is 10.9. The van der Waals surface area contributed by atoms with Gasteiger partial charge in [-0.25, -0.2) is 0 Å². The fourth-order valence-electron chi connectivity index (χ4n) is 1.50. The molecule has 3 nitrogen and oxygen atoms in total. The monoisotopic (exact) mass is 237 g/mol. The summed E-state index contributed by atoms with van der Waals surface area (Å²) >= 11 is 0. The van der Waals surface area contributed by atoms with Crippen molar-refractivity contribution < 1.29 is 9.47 Å². The van der Waals surface area contributed by atoms with Gasteiger partial charge in [0.2, 0.25) is 0 Å². The van der Waals surface area contributed by atoms with Crippen molar-refractivity contribution in [3.63, 3.8) is 0 Å². The first-order valence-electron chi connectivity index (χ1n) is 6.24. The first kappa shape index (κ1) is 14.0. The molecule has 1 aromatic rings. The van der Waals surface area contributed by atoms with Crippen LogP contribution >= 0.6 is 0 Å². The summed E-state index contributed by atoms with van der Waals surface area (Å²) in [6.45, 7) is 6.97. The summed E-state index contributed by atoms with van der Waals surface area (Å²) in [6, 6.07) is 8.26. The Labute approximate surface area is 104 Å². The molecule has 2 N–H and O–H groups in total. The second kappa shape index (κ2) is 8.09. The lowest BCUT2D eigenvalue weighted by molar-refractivity contribution is 0.126. The van der Waals surface area contributed by atoms with Gasteiger partial charge in [0, 0.05) is 19.6 Å². The molecule has 0 amide bonds. The van der Waals surface area contributed by atoms with Gasteiger partial charge in [-0.3, -0.25) is 0 Å². The lowest BCUT2D eigenvalue weighted by Crippen LogP contribution is -2.10. The predicted molar refractivity (Wildman–Crippen MR) is 70.5 cm³/mol. The Morgan fingerprint density at radius 1 is 1.18 bits per heavy atom. The van der Waals surface area contributed by atoms with E-state index in [1.165, 1.54) is 5.56 Å². The van der Waals surface area contributed by atoms with Crippen molar-refractivity contribution in [1.29, 1.82) is 0 Å². The molecule has 0 atom stereocenters. The van der Waals surface area contributed by atoms with E-state index in [1.807, 2.05) is 12.1 Å². The molecule has 0 aliphatic heterocycles. The Hall–Kier alpha value is -1.06. The van der Waals surface area contributed by atoms with Crippen LogP contribution in [0.2, 0.25) is 0 Å². The third-order valence-electron chi connectivity index (χ3n) is 2.49. The fraction of sp³-hybridized carbons (Fsp3) is 0.571. The number of nitrogens with two attached hydrogens (primary N) is 1. The maximum atomic E-state index is 5.67. The van der Waals surface area contributed by atoms with Crippen LogP contribution in [0.15, 0.2) is 24.3 Å². The first-order chi connectivity index (χ1) is 8.24. The minimum atomic E-state index is 0.534. The van der Waals surface area contributed by atoms with E-state index in [0.29, 0.717) is 32.3 Å². The smallest absolute Gasteiger partial charge is 0.119 e. The van der Waals surface area contributed by atoms with Gasteiger partial charge < -0.3 is 15.2 Å². The van der Waals surface area contributed by atoms with Crippen molar-refractivity contribution >= 4 is 0 Å². The molecule has 0 radical (unpaired) electrons. The minimum absolute atomic E-state index is 0.534. The molecule has 3 heteroatoms. The summed E-state index contributed by atoms with van der Waals surface area (Å²) in [6.07, 6.45) is 0.895. The molecule has 1 rings (SSSR count). The van der Waals surface area contributed by atoms with E-state index in [9.17, 15) is 0 Å². The Morgan fingerprint density at radius 3 is 2.71 bits per heavy atom. The Bertz CT molecular complexity index is 313. The average molecular weight is 237 g/mol. The van der Waals surface area contributed by atoms with Crippen LogP contribution in [0, 0.1) is 0 Å². The van der Waals surface area contributed by atoms with Crippen molar-refractivity contribution in [3.05, 3.63) is 29.8 Å². The van der Waals surface area contributed by atoms with Gasteiger partial charge in [-0.15, -0.1) is 0 Å². The van der Waals surface area contributed by atoms with E-state index >= 15 is 0 Å². The zero-order valence-electron chi connectivity index (χ0n) is 10.8. The number of ether oxygens (including phenoxy) is 2. The van der Waals surface area contributed by atoms with E-state index < -0.39 is 0 Å². The lowest BCUT2D eigenvalue weighted by atomic mass is 10.0. The molecule has 1 aromatic carbocycles. The maximum absolute atomic E-state index is 5.67. The quantitative estimate of drug-likeness (QED) is 0.707. The fourth-order valence-corrected chi connectivity index (χ4v) is 1.50. The van der Waals surface area contributed by atoms with E-state index in [0.717, 1.165) is 12.2 Å². The van der Waals surface area contributed by atoms with Gasteiger partial charge in [0.05, 0.1) is 13.2 Å². The molecule has 0 aromatic heterocycles. The van der Waals surface area contributed by atoms with E-state index in [-0.39, 0.29) is 0 Å². The Balaban J connectivity index is 2.24. The summed E-state index contributed by atoms with van der Waals surface area (Å²) in [4.78, 5) is 0. The molecule has 0 spiro atoms. The minimum Gasteiger partial charge on any atom is -0.493 e. The van der Waals surface area contributed by atoms with Gasteiger partial charge >= 0.3 is 0 Å². The summed E-state index contributed by atoms with van der Waals surface area (Å²) in [5, 5.41) is 0. The van der Waals surface area contributed by atoms with Crippen molar-refractivity contribution in [3.8, 4) is 5.75 Å². The number of hydrogen-bond acceptors (Lipinski definition) is 3. The van der Waals surface area contributed by atoms with Crippen molar-refractivity contribution in [2.45, 2.75) is 26.2 Å². The molecule has 0 saturated carbocycles. The highest BCUT2D eigenvalue weighted by atomic mass is 16.5. The number of hydrogen-bond donors (Lipinski definition) is 1. The van der Waals surface area contributed by atoms with Crippen LogP contribution in [0.1, 0.15) is 31.7 Å². The molecule has 0 aliphatic rings. The number of rotatable bonds is 8. The zero-order chi connectivity index (χ0) is 12.5. The van der Waals surface area contributed by atoms with Gasteiger partial charge in [0.25, 0.3) is 0 Å². The molecule has 0 saturated heterocycles. The topological polar surface area (TPSA) is 44.5 Å². The van der Waals surface area contributed by atoms with E-state index in [1.54, 1.807) is 0 Å². The van der Waals surface area contributed by atoms with Crippen LogP contribution in [0.5, 0.6) is 5.75 Å². The molecule has 0 aliphatic carbocycles. The first-order valence-corrected chi connectivity index (χ1v) is 6.24. The second-order valence-corrected chi connectivity index (χ2v) is 4.33. The standard InChI is InChI=1S/C14H23NO2/c1-12(2)13-5-3-6-14(11-13)17-9-4-8-16-10-7-15/h3,5-6,11-12H,4,7-10,15H2,1-2H3. The van der Waals surface area contributed by atoms with Crippen LogP contribution < -0.4 is 10.5 Å². The predicted octanol–water partition coefficient (Wildman–Crippen LogP) is 2.55. The van der Waals surface area contributed by atoms with Crippen LogP contribution in [0.4, 0.5) is 0 Å². The van der Waals surface area contributed by atoms with Crippen LogP contribution in [-0.2, 0) is 4.74 Å². The largest absolute Gasteiger partial charge is 0.493 e. The van der Waals surface area contributed by atoms with E-state index in [4.69, 9.17) is 15.2 Å². The SMILES string of the molecule is CC(C)c1cccc(OCCCOCCN)c1. The third kappa shape index (κ3) is 5.71. The molecule has 0 bridgehead atoms. The molecule has 0 fully saturated rings. The van der Waals surface area contributed by atoms with Crippen molar-refractivity contribution in [1.82, 2.24) is 0 Å². The van der Waals surface area contributed by atoms with Crippen molar-refractivity contribution in [2.75, 3.05) is 26.4 Å². The Morgan fingerprint density at radius 2 is 2.00 bits per heavy atom. The summed E-state index contributed by atoms with van der Waals surface area (Å²) in [5.74, 6) is 1.47. The molecule has 96 valence electrons. The maximum Gasteiger partial charge on any atom is 0.119 e. The molecule has 0 unspecified atom stereocenters.